The van der Waals surface area contributed by atoms with Gasteiger partial charge in [-0.05, 0) is 44.5 Å². The van der Waals surface area contributed by atoms with Gasteiger partial charge in [0.05, 0.1) is 24.4 Å². The molecule has 0 saturated carbocycles. The van der Waals surface area contributed by atoms with Gasteiger partial charge in [0.2, 0.25) is 0 Å². The van der Waals surface area contributed by atoms with Crippen LogP contribution in [0.4, 0.5) is 0 Å². The number of aromatic nitrogens is 1. The summed E-state index contributed by atoms with van der Waals surface area (Å²) in [5, 5.41) is 2.97. The molecule has 1 amide bonds. The smallest absolute Gasteiger partial charge is 0.255 e. The molecular formula is C17H20N2O2. The van der Waals surface area contributed by atoms with Crippen LogP contribution in [0.2, 0.25) is 0 Å². The molecule has 0 saturated heterocycles. The quantitative estimate of drug-likeness (QED) is 0.938. The van der Waals surface area contributed by atoms with E-state index in [1.165, 1.54) is 0 Å². The van der Waals surface area contributed by atoms with Gasteiger partial charge in [-0.3, -0.25) is 9.78 Å². The number of methoxy groups -OCH3 is 1. The molecule has 0 fully saturated rings. The molecule has 1 aromatic carbocycles. The van der Waals surface area contributed by atoms with Gasteiger partial charge in [-0.2, -0.15) is 0 Å². The van der Waals surface area contributed by atoms with E-state index in [0.717, 1.165) is 16.8 Å². The predicted octanol–water partition coefficient (Wildman–Crippen LogP) is 3.20. The summed E-state index contributed by atoms with van der Waals surface area (Å²) in [6.45, 7) is 5.86. The van der Waals surface area contributed by atoms with Crippen molar-refractivity contribution < 1.29 is 9.53 Å². The van der Waals surface area contributed by atoms with Gasteiger partial charge in [-0.25, -0.2) is 0 Å². The molecule has 1 heterocycles. The van der Waals surface area contributed by atoms with Crippen molar-refractivity contribution >= 4 is 5.91 Å². The third-order valence-electron chi connectivity index (χ3n) is 3.41. The summed E-state index contributed by atoms with van der Waals surface area (Å²) >= 11 is 0. The highest BCUT2D eigenvalue weighted by molar-refractivity contribution is 5.97. The average molecular weight is 284 g/mol. The van der Waals surface area contributed by atoms with Crippen molar-refractivity contribution in [2.24, 2.45) is 0 Å². The number of hydrogen-bond donors (Lipinski definition) is 1. The van der Waals surface area contributed by atoms with Crippen LogP contribution in [0.3, 0.4) is 0 Å². The number of amides is 1. The SMILES string of the molecule is COc1ccc(C)cc1C(=O)N[C@H](C)c1ncccc1C. The van der Waals surface area contributed by atoms with Gasteiger partial charge in [0.1, 0.15) is 5.75 Å². The maximum Gasteiger partial charge on any atom is 0.255 e. The van der Waals surface area contributed by atoms with Crippen molar-refractivity contribution in [2.75, 3.05) is 7.11 Å². The zero-order valence-electron chi connectivity index (χ0n) is 12.8. The molecule has 110 valence electrons. The lowest BCUT2D eigenvalue weighted by Crippen LogP contribution is -2.28. The first-order valence-electron chi connectivity index (χ1n) is 6.90. The molecule has 0 radical (unpaired) electrons. The number of rotatable bonds is 4. The molecule has 0 bridgehead atoms. The highest BCUT2D eigenvalue weighted by Crippen LogP contribution is 2.21. The van der Waals surface area contributed by atoms with Crippen LogP contribution in [-0.2, 0) is 0 Å². The van der Waals surface area contributed by atoms with Crippen LogP contribution in [-0.4, -0.2) is 18.0 Å². The fourth-order valence-electron chi connectivity index (χ4n) is 2.29. The van der Waals surface area contributed by atoms with Gasteiger partial charge >= 0.3 is 0 Å². The van der Waals surface area contributed by atoms with Crippen LogP contribution >= 0.6 is 0 Å². The molecule has 0 aliphatic rings. The lowest BCUT2D eigenvalue weighted by Gasteiger charge is -2.16. The maximum atomic E-state index is 12.5. The van der Waals surface area contributed by atoms with E-state index in [1.807, 2.05) is 45.0 Å². The number of benzene rings is 1. The Morgan fingerprint density at radius 3 is 2.71 bits per heavy atom. The second kappa shape index (κ2) is 6.39. The lowest BCUT2D eigenvalue weighted by molar-refractivity contribution is 0.0936. The largest absolute Gasteiger partial charge is 0.496 e. The summed E-state index contributed by atoms with van der Waals surface area (Å²) in [6.07, 6.45) is 1.73. The molecule has 4 heteroatoms. The first-order valence-corrected chi connectivity index (χ1v) is 6.90. The van der Waals surface area contributed by atoms with Crippen LogP contribution in [0.15, 0.2) is 36.5 Å². The molecule has 1 atom stereocenters. The fourth-order valence-corrected chi connectivity index (χ4v) is 2.29. The van der Waals surface area contributed by atoms with E-state index in [4.69, 9.17) is 4.74 Å². The fraction of sp³-hybridized carbons (Fsp3) is 0.294. The van der Waals surface area contributed by atoms with E-state index in [9.17, 15) is 4.79 Å². The molecule has 21 heavy (non-hydrogen) atoms. The van der Waals surface area contributed by atoms with Gasteiger partial charge in [0, 0.05) is 6.20 Å². The molecule has 0 aliphatic heterocycles. The molecule has 0 unspecified atom stereocenters. The van der Waals surface area contributed by atoms with E-state index in [0.29, 0.717) is 11.3 Å². The first-order chi connectivity index (χ1) is 10.0. The van der Waals surface area contributed by atoms with Gasteiger partial charge < -0.3 is 10.1 Å². The van der Waals surface area contributed by atoms with E-state index in [1.54, 1.807) is 19.4 Å². The second-order valence-electron chi connectivity index (χ2n) is 5.10. The molecule has 0 aliphatic carbocycles. The molecular weight excluding hydrogens is 264 g/mol. The van der Waals surface area contributed by atoms with Crippen molar-refractivity contribution in [1.82, 2.24) is 10.3 Å². The number of aryl methyl sites for hydroxylation is 2. The van der Waals surface area contributed by atoms with E-state index >= 15 is 0 Å². The van der Waals surface area contributed by atoms with Crippen LogP contribution in [0.1, 0.15) is 40.1 Å². The van der Waals surface area contributed by atoms with Crippen LogP contribution < -0.4 is 10.1 Å². The van der Waals surface area contributed by atoms with Crippen LogP contribution in [0.5, 0.6) is 5.75 Å². The molecule has 2 rings (SSSR count). The minimum absolute atomic E-state index is 0.159. The topological polar surface area (TPSA) is 51.2 Å². The Kier molecular flexibility index (Phi) is 4.58. The summed E-state index contributed by atoms with van der Waals surface area (Å²) in [6, 6.07) is 9.26. The maximum absolute atomic E-state index is 12.5. The van der Waals surface area contributed by atoms with Crippen LogP contribution in [0.25, 0.3) is 0 Å². The molecule has 1 N–H and O–H groups in total. The Morgan fingerprint density at radius 1 is 1.29 bits per heavy atom. The number of hydrogen-bond acceptors (Lipinski definition) is 3. The van der Waals surface area contributed by atoms with Gasteiger partial charge in [-0.15, -0.1) is 0 Å². The summed E-state index contributed by atoms with van der Waals surface area (Å²) in [4.78, 5) is 16.8. The Labute approximate surface area is 125 Å². The number of ether oxygens (including phenoxy) is 1. The summed E-state index contributed by atoms with van der Waals surface area (Å²) in [5.41, 5.74) is 3.49. The highest BCUT2D eigenvalue weighted by Gasteiger charge is 2.17. The Balaban J connectivity index is 2.22. The highest BCUT2D eigenvalue weighted by atomic mass is 16.5. The van der Waals surface area contributed by atoms with Gasteiger partial charge in [0.15, 0.2) is 0 Å². The van der Waals surface area contributed by atoms with E-state index in [-0.39, 0.29) is 11.9 Å². The molecule has 0 spiro atoms. The number of nitrogens with zero attached hydrogens (tertiary/aromatic N) is 1. The average Bonchev–Trinajstić information content (AvgIpc) is 2.47. The zero-order valence-corrected chi connectivity index (χ0v) is 12.8. The van der Waals surface area contributed by atoms with E-state index < -0.39 is 0 Å². The van der Waals surface area contributed by atoms with E-state index in [2.05, 4.69) is 10.3 Å². The van der Waals surface area contributed by atoms with Crippen molar-refractivity contribution in [3.8, 4) is 5.75 Å². The molecule has 1 aromatic heterocycles. The second-order valence-corrected chi connectivity index (χ2v) is 5.10. The predicted molar refractivity (Wildman–Crippen MR) is 82.6 cm³/mol. The van der Waals surface area contributed by atoms with Crippen molar-refractivity contribution in [3.63, 3.8) is 0 Å². The Morgan fingerprint density at radius 2 is 2.05 bits per heavy atom. The van der Waals surface area contributed by atoms with Gasteiger partial charge in [-0.1, -0.05) is 17.7 Å². The minimum atomic E-state index is -0.163. The summed E-state index contributed by atoms with van der Waals surface area (Å²) < 4.78 is 5.26. The summed E-state index contributed by atoms with van der Waals surface area (Å²) in [5.74, 6) is 0.413. The number of nitrogens with one attached hydrogen (secondary N) is 1. The Hall–Kier alpha value is -2.36. The van der Waals surface area contributed by atoms with Crippen molar-refractivity contribution in [2.45, 2.75) is 26.8 Å². The first kappa shape index (κ1) is 15.0. The number of carbonyl (C=O) groups excluding carboxylic acids is 1. The minimum Gasteiger partial charge on any atom is -0.496 e. The monoisotopic (exact) mass is 284 g/mol. The normalized spacial score (nSPS) is 11.8. The van der Waals surface area contributed by atoms with Crippen LogP contribution in [0, 0.1) is 13.8 Å². The molecule has 2 aromatic rings. The molecule has 4 nitrogen and oxygen atoms in total. The van der Waals surface area contributed by atoms with Crippen molar-refractivity contribution in [1.29, 1.82) is 0 Å². The van der Waals surface area contributed by atoms with Crippen molar-refractivity contribution in [3.05, 3.63) is 58.9 Å². The number of carbonyl (C=O) groups is 1. The Bertz CT molecular complexity index is 653. The zero-order chi connectivity index (χ0) is 15.4. The third kappa shape index (κ3) is 3.40. The van der Waals surface area contributed by atoms with Gasteiger partial charge in [0.25, 0.3) is 5.91 Å². The lowest BCUT2D eigenvalue weighted by atomic mass is 10.1. The third-order valence-corrected chi connectivity index (χ3v) is 3.41. The standard InChI is InChI=1S/C17H20N2O2/c1-11-7-8-15(21-4)14(10-11)17(20)19-13(3)16-12(2)6-5-9-18-16/h5-10,13H,1-4H3,(H,19,20)/t13-/m1/s1. The number of pyridine rings is 1. The summed E-state index contributed by atoms with van der Waals surface area (Å²) in [7, 11) is 1.56.